The fourth-order valence-corrected chi connectivity index (χ4v) is 2.96. The molecule has 0 saturated heterocycles. The Morgan fingerprint density at radius 1 is 1.11 bits per heavy atom. The zero-order chi connectivity index (χ0) is 20.3. The second kappa shape index (κ2) is 8.12. The van der Waals surface area contributed by atoms with Crippen molar-refractivity contribution in [3.05, 3.63) is 82.0 Å². The molecule has 3 rings (SSSR count). The van der Waals surface area contributed by atoms with Gasteiger partial charge in [-0.15, -0.1) is 0 Å². The molecule has 3 aromatic rings. The Morgan fingerprint density at radius 3 is 2.39 bits per heavy atom. The molecule has 0 fully saturated rings. The van der Waals surface area contributed by atoms with Crippen molar-refractivity contribution >= 4 is 11.6 Å². The molecule has 1 atom stereocenters. The molecule has 146 valence electrons. The van der Waals surface area contributed by atoms with Crippen molar-refractivity contribution in [1.82, 2.24) is 14.7 Å². The Kier molecular flexibility index (Phi) is 5.63. The van der Waals surface area contributed by atoms with Crippen molar-refractivity contribution in [2.45, 2.75) is 26.4 Å². The van der Waals surface area contributed by atoms with Crippen LogP contribution in [0.2, 0.25) is 0 Å². The maximum Gasteiger partial charge on any atom is 0.295 e. The number of aromatic nitrogens is 2. The van der Waals surface area contributed by atoms with E-state index in [0.29, 0.717) is 5.69 Å². The highest BCUT2D eigenvalue weighted by Crippen LogP contribution is 2.15. The molecule has 28 heavy (non-hydrogen) atoms. The first-order valence-electron chi connectivity index (χ1n) is 9.01. The van der Waals surface area contributed by atoms with Gasteiger partial charge in [-0.05, 0) is 43.7 Å². The summed E-state index contributed by atoms with van der Waals surface area (Å²) in [5, 5.41) is 5.82. The van der Waals surface area contributed by atoms with Gasteiger partial charge in [-0.3, -0.25) is 14.3 Å². The van der Waals surface area contributed by atoms with E-state index in [2.05, 4.69) is 10.6 Å². The molecule has 1 unspecified atom stereocenters. The number of benzene rings is 2. The minimum atomic E-state index is -0.613. The highest BCUT2D eigenvalue weighted by molar-refractivity contribution is 5.84. The monoisotopic (exact) mass is 382 g/mol. The zero-order valence-electron chi connectivity index (χ0n) is 16.1. The van der Waals surface area contributed by atoms with Crippen LogP contribution in [0.1, 0.15) is 18.2 Å². The van der Waals surface area contributed by atoms with Crippen molar-refractivity contribution in [2.24, 2.45) is 7.05 Å². The molecular formula is C21H23FN4O2. The first kappa shape index (κ1) is 19.4. The standard InChI is InChI=1S/C21H23FN4O2/c1-14(20(27)23-13-16-9-11-17(22)12-10-16)24-19-15(2)25(3)26(21(19)28)18-7-5-4-6-8-18/h4-12,14,24H,13H2,1-3H3,(H,23,27). The van der Waals surface area contributed by atoms with E-state index in [-0.39, 0.29) is 23.8 Å². The lowest BCUT2D eigenvalue weighted by Gasteiger charge is -2.14. The average molecular weight is 382 g/mol. The second-order valence-corrected chi connectivity index (χ2v) is 6.65. The van der Waals surface area contributed by atoms with Gasteiger partial charge < -0.3 is 10.6 Å². The highest BCUT2D eigenvalue weighted by Gasteiger charge is 2.20. The number of anilines is 1. The molecule has 2 N–H and O–H groups in total. The third-order valence-electron chi connectivity index (χ3n) is 4.69. The summed E-state index contributed by atoms with van der Waals surface area (Å²) in [5.41, 5.74) is 2.44. The van der Waals surface area contributed by atoms with Crippen molar-refractivity contribution in [3.8, 4) is 5.69 Å². The molecule has 0 spiro atoms. The van der Waals surface area contributed by atoms with Gasteiger partial charge in [0.25, 0.3) is 5.56 Å². The SMILES string of the molecule is Cc1c(NC(C)C(=O)NCc2ccc(F)cc2)c(=O)n(-c2ccccc2)n1C. The summed E-state index contributed by atoms with van der Waals surface area (Å²) in [5.74, 6) is -0.572. The largest absolute Gasteiger partial charge is 0.368 e. The fourth-order valence-electron chi connectivity index (χ4n) is 2.96. The van der Waals surface area contributed by atoms with Crippen molar-refractivity contribution < 1.29 is 9.18 Å². The van der Waals surface area contributed by atoms with Gasteiger partial charge in [-0.1, -0.05) is 30.3 Å². The molecule has 0 bridgehead atoms. The van der Waals surface area contributed by atoms with Crippen molar-refractivity contribution in [3.63, 3.8) is 0 Å². The van der Waals surface area contributed by atoms with E-state index in [9.17, 15) is 14.0 Å². The molecule has 2 aromatic carbocycles. The van der Waals surface area contributed by atoms with Gasteiger partial charge in [0.1, 0.15) is 17.5 Å². The summed E-state index contributed by atoms with van der Waals surface area (Å²) in [6.45, 7) is 3.80. The maximum absolute atomic E-state index is 13.0. The Morgan fingerprint density at radius 2 is 1.75 bits per heavy atom. The molecule has 0 aliphatic carbocycles. The number of amides is 1. The Bertz CT molecular complexity index is 1020. The molecule has 0 saturated carbocycles. The number of nitrogens with one attached hydrogen (secondary N) is 2. The first-order valence-corrected chi connectivity index (χ1v) is 9.01. The number of hydrogen-bond donors (Lipinski definition) is 2. The quantitative estimate of drug-likeness (QED) is 0.689. The van der Waals surface area contributed by atoms with Gasteiger partial charge >= 0.3 is 0 Å². The topological polar surface area (TPSA) is 68.1 Å². The lowest BCUT2D eigenvalue weighted by molar-refractivity contribution is -0.121. The van der Waals surface area contributed by atoms with E-state index >= 15 is 0 Å². The minimum absolute atomic E-state index is 0.218. The van der Waals surface area contributed by atoms with Gasteiger partial charge in [-0.25, -0.2) is 9.07 Å². The van der Waals surface area contributed by atoms with E-state index < -0.39 is 6.04 Å². The highest BCUT2D eigenvalue weighted by atomic mass is 19.1. The van der Waals surface area contributed by atoms with Gasteiger partial charge in [-0.2, -0.15) is 0 Å². The number of para-hydroxylation sites is 1. The minimum Gasteiger partial charge on any atom is -0.368 e. The van der Waals surface area contributed by atoms with E-state index in [1.54, 1.807) is 35.5 Å². The molecule has 1 heterocycles. The number of hydrogen-bond acceptors (Lipinski definition) is 3. The molecule has 7 heteroatoms. The average Bonchev–Trinajstić information content (AvgIpc) is 2.91. The molecule has 0 radical (unpaired) electrons. The lowest BCUT2D eigenvalue weighted by Crippen LogP contribution is -2.38. The molecule has 1 amide bonds. The summed E-state index contributed by atoms with van der Waals surface area (Å²) in [4.78, 5) is 25.3. The van der Waals surface area contributed by atoms with Gasteiger partial charge in [0.2, 0.25) is 5.91 Å². The summed E-state index contributed by atoms with van der Waals surface area (Å²) in [7, 11) is 1.80. The maximum atomic E-state index is 13.0. The summed E-state index contributed by atoms with van der Waals surface area (Å²) < 4.78 is 16.3. The predicted molar refractivity (Wildman–Crippen MR) is 107 cm³/mol. The van der Waals surface area contributed by atoms with Crippen LogP contribution in [0.4, 0.5) is 10.1 Å². The van der Waals surface area contributed by atoms with Crippen LogP contribution in [0.3, 0.4) is 0 Å². The summed E-state index contributed by atoms with van der Waals surface area (Å²) >= 11 is 0. The lowest BCUT2D eigenvalue weighted by atomic mass is 10.2. The van der Waals surface area contributed by atoms with E-state index in [1.165, 1.54) is 12.1 Å². The number of carbonyl (C=O) groups excluding carboxylic acids is 1. The second-order valence-electron chi connectivity index (χ2n) is 6.65. The number of rotatable bonds is 6. The Hall–Kier alpha value is -3.35. The van der Waals surface area contributed by atoms with Crippen LogP contribution in [0.5, 0.6) is 0 Å². The smallest absolute Gasteiger partial charge is 0.295 e. The number of halogens is 1. The van der Waals surface area contributed by atoms with Crippen molar-refractivity contribution in [2.75, 3.05) is 5.32 Å². The third-order valence-corrected chi connectivity index (χ3v) is 4.69. The van der Waals surface area contributed by atoms with Gasteiger partial charge in [0, 0.05) is 13.6 Å². The number of carbonyl (C=O) groups is 1. The summed E-state index contributed by atoms with van der Waals surface area (Å²) in [6.07, 6.45) is 0. The summed E-state index contributed by atoms with van der Waals surface area (Å²) in [6, 6.07) is 14.6. The zero-order valence-corrected chi connectivity index (χ0v) is 16.1. The van der Waals surface area contributed by atoms with E-state index in [4.69, 9.17) is 0 Å². The van der Waals surface area contributed by atoms with Crippen LogP contribution in [0.25, 0.3) is 5.69 Å². The van der Waals surface area contributed by atoms with Crippen molar-refractivity contribution in [1.29, 1.82) is 0 Å². The van der Waals surface area contributed by atoms with Crippen LogP contribution >= 0.6 is 0 Å². The Balaban J connectivity index is 1.73. The van der Waals surface area contributed by atoms with Gasteiger partial charge in [0.15, 0.2) is 0 Å². The van der Waals surface area contributed by atoms with Crippen LogP contribution in [0, 0.1) is 12.7 Å². The Labute approximate surface area is 162 Å². The van der Waals surface area contributed by atoms with Crippen LogP contribution < -0.4 is 16.2 Å². The molecular weight excluding hydrogens is 359 g/mol. The van der Waals surface area contributed by atoms with E-state index in [0.717, 1.165) is 16.9 Å². The van der Waals surface area contributed by atoms with E-state index in [1.807, 2.05) is 37.3 Å². The molecule has 0 aliphatic rings. The van der Waals surface area contributed by atoms with Crippen LogP contribution in [-0.4, -0.2) is 21.3 Å². The molecule has 1 aromatic heterocycles. The number of nitrogens with zero attached hydrogens (tertiary/aromatic N) is 2. The van der Waals surface area contributed by atoms with Gasteiger partial charge in [0.05, 0.1) is 11.4 Å². The molecule has 6 nitrogen and oxygen atoms in total. The van der Waals surface area contributed by atoms with Crippen LogP contribution in [0.15, 0.2) is 59.4 Å². The predicted octanol–water partition coefficient (Wildman–Crippen LogP) is 2.74. The molecule has 0 aliphatic heterocycles. The first-order chi connectivity index (χ1) is 13.4. The normalized spacial score (nSPS) is 11.9. The third kappa shape index (κ3) is 3.98. The van der Waals surface area contributed by atoms with Crippen LogP contribution in [-0.2, 0) is 18.4 Å². The fraction of sp³-hybridized carbons (Fsp3) is 0.238.